The van der Waals surface area contributed by atoms with E-state index in [1.165, 1.54) is 9.91 Å². The molecule has 0 heterocycles. The van der Waals surface area contributed by atoms with Crippen LogP contribution in [0.1, 0.15) is 51.6 Å². The van der Waals surface area contributed by atoms with Crippen LogP contribution in [-0.2, 0) is 19.1 Å². The number of fused-ring (bicyclic) bond motifs is 2. The van der Waals surface area contributed by atoms with Gasteiger partial charge < -0.3 is 30.5 Å². The van der Waals surface area contributed by atoms with E-state index in [1.807, 2.05) is 106 Å². The molecule has 3 atom stereocenters. The smallest absolute Gasteiger partial charge is 0.404 e. The maximum Gasteiger partial charge on any atom is 0.404 e. The van der Waals surface area contributed by atoms with Crippen LogP contribution in [0.2, 0.25) is 0 Å². The molecule has 5 amide bonds. The molecule has 0 radical (unpaired) electrons. The summed E-state index contributed by atoms with van der Waals surface area (Å²) in [5.41, 5.74) is 4.32. The number of anilines is 1. The molecule has 53 heavy (non-hydrogen) atoms. The van der Waals surface area contributed by atoms with Crippen LogP contribution in [0.5, 0.6) is 0 Å². The second-order valence-corrected chi connectivity index (χ2v) is 12.9. The molecule has 0 spiro atoms. The Kier molecular flexibility index (Phi) is 15.4. The Morgan fingerprint density at radius 3 is 2.04 bits per heavy atom. The molecule has 0 bridgehead atoms. The normalized spacial score (nSPS) is 13.0. The molecule has 0 aliphatic heterocycles. The topological polar surface area (TPSA) is 162 Å². The number of rotatable bonds is 19. The number of urea groups is 1. The fourth-order valence-corrected chi connectivity index (χ4v) is 6.39. The Morgan fingerprint density at radius 1 is 0.774 bits per heavy atom. The zero-order valence-electron chi connectivity index (χ0n) is 31.1. The lowest BCUT2D eigenvalue weighted by Crippen LogP contribution is -2.53. The van der Waals surface area contributed by atoms with Crippen molar-refractivity contribution in [3.63, 3.8) is 0 Å². The molecule has 0 aromatic heterocycles. The van der Waals surface area contributed by atoms with E-state index in [2.05, 4.69) is 21.4 Å². The molecule has 4 rings (SSSR count). The summed E-state index contributed by atoms with van der Waals surface area (Å²) >= 11 is 0. The monoisotopic (exact) mass is 728 g/mol. The number of unbranched alkanes of at least 4 members (excludes halogenated alkanes) is 1. The van der Waals surface area contributed by atoms with Crippen LogP contribution in [0, 0.1) is 5.92 Å². The van der Waals surface area contributed by atoms with Gasteiger partial charge in [0, 0.05) is 45.2 Å². The van der Waals surface area contributed by atoms with Crippen LogP contribution in [0.25, 0.3) is 21.5 Å². The summed E-state index contributed by atoms with van der Waals surface area (Å²) in [6.07, 6.45) is -0.587. The van der Waals surface area contributed by atoms with Crippen LogP contribution in [0.3, 0.4) is 0 Å². The fraction of sp³-hybridized carbons (Fsp3) is 0.400. The Bertz CT molecular complexity index is 1820. The lowest BCUT2D eigenvalue weighted by Gasteiger charge is -2.33. The van der Waals surface area contributed by atoms with Crippen molar-refractivity contribution in [2.45, 2.75) is 58.4 Å². The van der Waals surface area contributed by atoms with Crippen molar-refractivity contribution in [3.8, 4) is 0 Å². The van der Waals surface area contributed by atoms with Gasteiger partial charge in [-0.15, -0.1) is 0 Å². The predicted octanol–water partition coefficient (Wildman–Crippen LogP) is 5.80. The van der Waals surface area contributed by atoms with E-state index in [1.54, 1.807) is 14.1 Å². The maximum absolute atomic E-state index is 14.2. The van der Waals surface area contributed by atoms with Gasteiger partial charge >= 0.3 is 12.1 Å². The van der Waals surface area contributed by atoms with Gasteiger partial charge in [-0.05, 0) is 60.9 Å². The lowest BCUT2D eigenvalue weighted by atomic mass is 9.89. The number of carbonyl (C=O) groups is 4. The second-order valence-electron chi connectivity index (χ2n) is 12.9. The van der Waals surface area contributed by atoms with Crippen LogP contribution >= 0.6 is 0 Å². The third kappa shape index (κ3) is 11.4. The zero-order chi connectivity index (χ0) is 38.3. The molecular weight excluding hydrogens is 676 g/mol. The molecular formula is C40H52N6O7. The van der Waals surface area contributed by atoms with E-state index < -0.39 is 42.3 Å². The van der Waals surface area contributed by atoms with Gasteiger partial charge in [0.05, 0.1) is 18.3 Å². The average molecular weight is 729 g/mol. The number of hydrogen-bond acceptors (Lipinski definition) is 7. The van der Waals surface area contributed by atoms with E-state index in [-0.39, 0.29) is 25.4 Å². The van der Waals surface area contributed by atoms with Crippen molar-refractivity contribution in [2.24, 2.45) is 5.92 Å². The number of hydrogen-bond donors (Lipinski definition) is 5. The van der Waals surface area contributed by atoms with Crippen molar-refractivity contribution in [1.82, 2.24) is 26.4 Å². The summed E-state index contributed by atoms with van der Waals surface area (Å²) < 4.78 is 12.0. The van der Waals surface area contributed by atoms with Crippen LogP contribution in [0.15, 0.2) is 84.9 Å². The molecule has 284 valence electrons. The highest BCUT2D eigenvalue weighted by Crippen LogP contribution is 2.32. The van der Waals surface area contributed by atoms with Gasteiger partial charge in [-0.3, -0.25) is 19.9 Å². The second kappa shape index (κ2) is 20.1. The minimum atomic E-state index is -1.13. The first kappa shape index (κ1) is 40.5. The number of nitrogens with one attached hydrogen (secondary N) is 4. The quantitative estimate of drug-likeness (QED) is 0.0460. The van der Waals surface area contributed by atoms with Crippen LogP contribution < -0.4 is 26.3 Å². The molecule has 0 saturated heterocycles. The standard InChI is InChI=1S/C40H52N6O7/c1-6-52-38(53-7-2)27(3)36(32-22-14-18-28-16-8-10-20-30(28)32)43-37(48)33(23-12-13-25-41-40(50)51)42-35(47)26-45(4)44-39(49)46(5)34-24-15-19-29-17-9-11-21-31(29)34/h8-11,14-22,24,27,33,36,38,41H,6-7,12-13,23,25-26H2,1-5H3,(H,42,47)(H,43,48)(H,44,49)(H,50,51)/t27-,33-,36?/m0/s1. The third-order valence-corrected chi connectivity index (χ3v) is 9.02. The Hall–Kier alpha value is -5.24. The number of hydrazine groups is 1. The number of ether oxygens (including phenoxy) is 2. The molecule has 13 nitrogen and oxygen atoms in total. The van der Waals surface area contributed by atoms with Gasteiger partial charge in [0.25, 0.3) is 0 Å². The highest BCUT2D eigenvalue weighted by Gasteiger charge is 2.33. The van der Waals surface area contributed by atoms with Gasteiger partial charge in [0.1, 0.15) is 6.04 Å². The third-order valence-electron chi connectivity index (χ3n) is 9.02. The highest BCUT2D eigenvalue weighted by molar-refractivity contribution is 6.02. The molecule has 0 saturated carbocycles. The molecule has 0 aliphatic carbocycles. The summed E-state index contributed by atoms with van der Waals surface area (Å²) in [6, 6.07) is 25.3. The molecule has 1 unspecified atom stereocenters. The summed E-state index contributed by atoms with van der Waals surface area (Å²) in [5.74, 6) is -1.23. The predicted molar refractivity (Wildman–Crippen MR) is 206 cm³/mol. The van der Waals surface area contributed by atoms with Gasteiger partial charge in [-0.25, -0.2) is 14.6 Å². The minimum Gasteiger partial charge on any atom is -0.465 e. The molecule has 4 aromatic rings. The zero-order valence-corrected chi connectivity index (χ0v) is 31.1. The van der Waals surface area contributed by atoms with E-state index in [4.69, 9.17) is 14.6 Å². The number of benzene rings is 4. The van der Waals surface area contributed by atoms with Crippen molar-refractivity contribution >= 4 is 51.2 Å². The number of nitrogens with zero attached hydrogens (tertiary/aromatic N) is 2. The Labute approximate surface area is 311 Å². The first-order valence-corrected chi connectivity index (χ1v) is 18.0. The van der Waals surface area contributed by atoms with Crippen molar-refractivity contribution in [2.75, 3.05) is 45.3 Å². The first-order chi connectivity index (χ1) is 25.5. The van der Waals surface area contributed by atoms with E-state index in [0.29, 0.717) is 31.7 Å². The molecule has 0 aliphatic rings. The molecule has 5 N–H and O–H groups in total. The highest BCUT2D eigenvalue weighted by atomic mass is 16.7. The van der Waals surface area contributed by atoms with E-state index in [9.17, 15) is 19.2 Å². The molecule has 0 fully saturated rings. The van der Waals surface area contributed by atoms with Crippen molar-refractivity contribution < 1.29 is 33.8 Å². The van der Waals surface area contributed by atoms with Gasteiger partial charge in [0.15, 0.2) is 6.29 Å². The van der Waals surface area contributed by atoms with Crippen molar-refractivity contribution in [1.29, 1.82) is 0 Å². The Morgan fingerprint density at radius 2 is 1.38 bits per heavy atom. The first-order valence-electron chi connectivity index (χ1n) is 18.0. The largest absolute Gasteiger partial charge is 0.465 e. The summed E-state index contributed by atoms with van der Waals surface area (Å²) in [4.78, 5) is 53.4. The lowest BCUT2D eigenvalue weighted by molar-refractivity contribution is -0.170. The Balaban J connectivity index is 1.51. The number of amides is 5. The summed E-state index contributed by atoms with van der Waals surface area (Å²) in [6.45, 7) is 6.52. The van der Waals surface area contributed by atoms with Gasteiger partial charge in [-0.2, -0.15) is 0 Å². The van der Waals surface area contributed by atoms with Gasteiger partial charge in [-0.1, -0.05) is 85.8 Å². The minimum absolute atomic E-state index is 0.205. The van der Waals surface area contributed by atoms with Crippen LogP contribution in [0.4, 0.5) is 15.3 Å². The number of likely N-dealkylation sites (N-methyl/N-ethyl adjacent to an activating group) is 1. The van der Waals surface area contributed by atoms with Crippen LogP contribution in [-0.4, -0.2) is 86.8 Å². The summed E-state index contributed by atoms with van der Waals surface area (Å²) in [7, 11) is 3.22. The maximum atomic E-state index is 14.2. The molecule has 4 aromatic carbocycles. The summed E-state index contributed by atoms with van der Waals surface area (Å²) in [5, 5.41) is 22.6. The number of carboxylic acid groups (broad SMARTS) is 1. The number of carbonyl (C=O) groups excluding carboxylic acids is 3. The fourth-order valence-electron chi connectivity index (χ4n) is 6.39. The van der Waals surface area contributed by atoms with E-state index in [0.717, 1.165) is 27.1 Å². The van der Waals surface area contributed by atoms with E-state index >= 15 is 0 Å². The van der Waals surface area contributed by atoms with Gasteiger partial charge in [0.2, 0.25) is 11.8 Å². The van der Waals surface area contributed by atoms with Crippen molar-refractivity contribution in [3.05, 3.63) is 90.5 Å². The average Bonchev–Trinajstić information content (AvgIpc) is 3.15. The molecule has 13 heteroatoms. The SMILES string of the molecule is CCOC(OCC)[C@@H](C)C(NC(=O)[C@H](CCCCNC(=O)O)NC(=O)CN(C)NC(=O)N(C)c1cccc2ccccc12)c1cccc2ccccc12.